The van der Waals surface area contributed by atoms with Crippen LogP contribution in [-0.4, -0.2) is 28.8 Å². The van der Waals surface area contributed by atoms with Gasteiger partial charge in [0.05, 0.1) is 21.8 Å². The number of para-hydroxylation sites is 1. The van der Waals surface area contributed by atoms with Crippen LogP contribution in [0.25, 0.3) is 10.2 Å². The first-order chi connectivity index (χ1) is 12.6. The Hall–Kier alpha value is -2.17. The highest BCUT2D eigenvalue weighted by Crippen LogP contribution is 2.51. The molecule has 0 spiro atoms. The Bertz CT molecular complexity index is 980. The average molecular weight is 416 g/mol. The van der Waals surface area contributed by atoms with Crippen LogP contribution in [0.15, 0.2) is 24.3 Å². The summed E-state index contributed by atoms with van der Waals surface area (Å²) < 4.78 is 47.6. The number of hydrogen-bond donors (Lipinski definition) is 2. The van der Waals surface area contributed by atoms with Crippen LogP contribution < -0.4 is 5.73 Å². The highest BCUT2D eigenvalue weighted by Gasteiger charge is 2.60. The fourth-order valence-electron chi connectivity index (χ4n) is 2.77. The predicted octanol–water partition coefficient (Wildman–Crippen LogP) is 4.22. The summed E-state index contributed by atoms with van der Waals surface area (Å²) in [4.78, 5) is 15.9. The molecule has 3 rings (SSSR count). The summed E-state index contributed by atoms with van der Waals surface area (Å²) in [6.45, 7) is 2.95. The van der Waals surface area contributed by atoms with E-state index in [9.17, 15) is 23.1 Å². The van der Waals surface area contributed by atoms with E-state index >= 15 is 0 Å². The molecule has 2 heterocycles. The second-order valence-corrected chi connectivity index (χ2v) is 7.79. The summed E-state index contributed by atoms with van der Waals surface area (Å²) in [7, 11) is 0. The van der Waals surface area contributed by atoms with Crippen molar-refractivity contribution in [1.82, 2.24) is 4.98 Å². The van der Waals surface area contributed by atoms with Crippen molar-refractivity contribution in [3.63, 3.8) is 0 Å². The lowest BCUT2D eigenvalue weighted by Gasteiger charge is -2.29. The summed E-state index contributed by atoms with van der Waals surface area (Å²) in [6, 6.07) is 6.47. The van der Waals surface area contributed by atoms with Gasteiger partial charge >= 0.3 is 12.1 Å². The maximum absolute atomic E-state index is 14.1. The molecule has 1 aromatic carbocycles. The standard InChI is InChI=1S/C17H15F3N2O3S2/c1-3-25-14(23)12-8(2)11(13(21)27-12)16(24,17(18,19)20)15-22-9-6-4-5-7-10(9)26-15/h4-7,24H,3,21H2,1-2H3/t16-/m0/s1. The number of fused-ring (bicyclic) bond motifs is 1. The van der Waals surface area contributed by atoms with Crippen molar-refractivity contribution in [2.75, 3.05) is 12.3 Å². The largest absolute Gasteiger partial charge is 0.462 e. The molecule has 0 unspecified atom stereocenters. The van der Waals surface area contributed by atoms with Crippen LogP contribution >= 0.6 is 22.7 Å². The summed E-state index contributed by atoms with van der Waals surface area (Å²) in [6.07, 6.45) is -5.10. The topological polar surface area (TPSA) is 85.4 Å². The SMILES string of the molecule is CCOC(=O)c1sc(N)c([C@](O)(c2nc3ccccc3s2)C(F)(F)F)c1C. The van der Waals surface area contributed by atoms with Gasteiger partial charge in [-0.25, -0.2) is 9.78 Å². The summed E-state index contributed by atoms with van der Waals surface area (Å²) >= 11 is 1.38. The molecule has 0 aliphatic heterocycles. The van der Waals surface area contributed by atoms with Gasteiger partial charge in [-0.05, 0) is 31.5 Å². The van der Waals surface area contributed by atoms with Crippen molar-refractivity contribution < 1.29 is 27.8 Å². The van der Waals surface area contributed by atoms with Crippen molar-refractivity contribution >= 4 is 43.9 Å². The molecule has 2 aromatic heterocycles. The number of rotatable bonds is 4. The number of aromatic nitrogens is 1. The second kappa shape index (κ2) is 6.77. The van der Waals surface area contributed by atoms with Gasteiger partial charge in [0.1, 0.15) is 9.88 Å². The third-order valence-corrected chi connectivity index (χ3v) is 6.26. The zero-order valence-electron chi connectivity index (χ0n) is 14.3. The van der Waals surface area contributed by atoms with E-state index < -0.39 is 28.3 Å². The first-order valence-corrected chi connectivity index (χ1v) is 9.46. The molecule has 0 bridgehead atoms. The molecule has 27 heavy (non-hydrogen) atoms. The monoisotopic (exact) mass is 416 g/mol. The number of esters is 1. The lowest BCUT2D eigenvalue weighted by molar-refractivity contribution is -0.248. The summed E-state index contributed by atoms with van der Waals surface area (Å²) in [5.74, 6) is -0.785. The molecule has 5 nitrogen and oxygen atoms in total. The van der Waals surface area contributed by atoms with Crippen LogP contribution in [0.4, 0.5) is 18.2 Å². The predicted molar refractivity (Wildman–Crippen MR) is 98.1 cm³/mol. The number of nitrogen functional groups attached to an aromatic ring is 1. The zero-order chi connectivity index (χ0) is 20.0. The van der Waals surface area contributed by atoms with E-state index in [1.54, 1.807) is 31.2 Å². The second-order valence-electron chi connectivity index (χ2n) is 5.71. The molecular weight excluding hydrogens is 401 g/mol. The first-order valence-electron chi connectivity index (χ1n) is 7.82. The van der Waals surface area contributed by atoms with Crippen molar-refractivity contribution in [1.29, 1.82) is 0 Å². The Morgan fingerprint density at radius 3 is 2.56 bits per heavy atom. The maximum atomic E-state index is 14.1. The number of carbonyl (C=O) groups is 1. The minimum Gasteiger partial charge on any atom is -0.462 e. The fourth-order valence-corrected chi connectivity index (χ4v) is 4.88. The van der Waals surface area contributed by atoms with Gasteiger partial charge in [0.25, 0.3) is 0 Å². The maximum Gasteiger partial charge on any atom is 0.428 e. The first kappa shape index (κ1) is 19.6. The van der Waals surface area contributed by atoms with Crippen molar-refractivity contribution in [2.24, 2.45) is 0 Å². The van der Waals surface area contributed by atoms with Crippen LogP contribution in [0, 0.1) is 6.92 Å². The molecule has 10 heteroatoms. The van der Waals surface area contributed by atoms with Gasteiger partial charge in [-0.3, -0.25) is 0 Å². The Morgan fingerprint density at radius 2 is 1.96 bits per heavy atom. The Kier molecular flexibility index (Phi) is 4.91. The number of ether oxygens (including phenoxy) is 1. The zero-order valence-corrected chi connectivity index (χ0v) is 15.9. The van der Waals surface area contributed by atoms with E-state index in [0.717, 1.165) is 11.3 Å². The molecule has 0 aliphatic carbocycles. The number of alkyl halides is 3. The van der Waals surface area contributed by atoms with E-state index in [0.29, 0.717) is 21.6 Å². The minimum absolute atomic E-state index is 0.0623. The number of nitrogens with two attached hydrogens (primary N) is 1. The van der Waals surface area contributed by atoms with Crippen LogP contribution in [0.3, 0.4) is 0 Å². The quantitative estimate of drug-likeness (QED) is 0.622. The number of thiophene rings is 1. The molecule has 3 aromatic rings. The number of carbonyl (C=O) groups excluding carboxylic acids is 1. The molecule has 144 valence electrons. The van der Waals surface area contributed by atoms with Gasteiger partial charge in [-0.2, -0.15) is 13.2 Å². The molecule has 3 N–H and O–H groups in total. The Balaban J connectivity index is 2.26. The van der Waals surface area contributed by atoms with Gasteiger partial charge in [0, 0.05) is 5.56 Å². The van der Waals surface area contributed by atoms with E-state index in [1.807, 2.05) is 0 Å². The van der Waals surface area contributed by atoms with Gasteiger partial charge in [0.2, 0.25) is 5.60 Å². The lowest BCUT2D eigenvalue weighted by atomic mass is 9.91. The molecule has 0 saturated carbocycles. The molecule has 0 aliphatic rings. The average Bonchev–Trinajstić information content (AvgIpc) is 3.15. The molecule has 0 radical (unpaired) electrons. The van der Waals surface area contributed by atoms with Gasteiger partial charge < -0.3 is 15.6 Å². The number of nitrogens with zero attached hydrogens (tertiary/aromatic N) is 1. The van der Waals surface area contributed by atoms with E-state index in [1.165, 1.54) is 6.92 Å². The minimum atomic E-state index is -5.10. The van der Waals surface area contributed by atoms with E-state index in [4.69, 9.17) is 10.5 Å². The van der Waals surface area contributed by atoms with E-state index in [2.05, 4.69) is 4.98 Å². The number of benzene rings is 1. The molecule has 0 saturated heterocycles. The van der Waals surface area contributed by atoms with Crippen LogP contribution in [-0.2, 0) is 10.3 Å². The third-order valence-electron chi connectivity index (χ3n) is 4.01. The number of hydrogen-bond acceptors (Lipinski definition) is 7. The van der Waals surface area contributed by atoms with Gasteiger partial charge in [-0.15, -0.1) is 22.7 Å². The number of halogens is 3. The molecular formula is C17H15F3N2O3S2. The molecule has 0 fully saturated rings. The van der Waals surface area contributed by atoms with Crippen molar-refractivity contribution in [3.8, 4) is 0 Å². The van der Waals surface area contributed by atoms with Crippen LogP contribution in [0.1, 0.15) is 32.7 Å². The van der Waals surface area contributed by atoms with Gasteiger partial charge in [-0.1, -0.05) is 12.1 Å². The smallest absolute Gasteiger partial charge is 0.428 e. The Labute approximate surface area is 160 Å². The normalized spacial score (nSPS) is 14.3. The van der Waals surface area contributed by atoms with Crippen molar-refractivity contribution in [2.45, 2.75) is 25.6 Å². The fraction of sp³-hybridized carbons (Fsp3) is 0.294. The van der Waals surface area contributed by atoms with Gasteiger partial charge in [0.15, 0.2) is 0 Å². The third kappa shape index (κ3) is 3.07. The Morgan fingerprint density at radius 1 is 1.30 bits per heavy atom. The van der Waals surface area contributed by atoms with Crippen LogP contribution in [0.2, 0.25) is 0 Å². The summed E-state index contributed by atoms with van der Waals surface area (Å²) in [5, 5.41) is 10.0. The molecule has 0 amide bonds. The lowest BCUT2D eigenvalue weighted by Crippen LogP contribution is -2.44. The highest BCUT2D eigenvalue weighted by molar-refractivity contribution is 7.19. The number of aliphatic hydroxyl groups is 1. The summed E-state index contributed by atoms with van der Waals surface area (Å²) in [5.41, 5.74) is 2.06. The van der Waals surface area contributed by atoms with Crippen LogP contribution in [0.5, 0.6) is 0 Å². The highest BCUT2D eigenvalue weighted by atomic mass is 32.1. The van der Waals surface area contributed by atoms with Crippen molar-refractivity contribution in [3.05, 3.63) is 45.3 Å². The number of anilines is 1. The number of thiazole rings is 1. The molecule has 1 atom stereocenters. The van der Waals surface area contributed by atoms with E-state index in [-0.39, 0.29) is 22.0 Å².